The molecule has 0 spiro atoms. The molecule has 0 unspecified atom stereocenters. The van der Waals surface area contributed by atoms with Gasteiger partial charge in [0.2, 0.25) is 0 Å². The average Bonchev–Trinajstić information content (AvgIpc) is 2.15. The number of methoxy groups -OCH3 is 2. The fourth-order valence-corrected chi connectivity index (χ4v) is 1.66. The van der Waals surface area contributed by atoms with Crippen molar-refractivity contribution in [2.45, 2.75) is 10.4 Å². The summed E-state index contributed by atoms with van der Waals surface area (Å²) in [6, 6.07) is 4.27. The Morgan fingerprint density at radius 1 is 1.13 bits per heavy atom. The molecule has 0 fully saturated rings. The normalized spacial score (nSPS) is 11.3. The van der Waals surface area contributed by atoms with Crippen LogP contribution in [0, 0.1) is 0 Å². The van der Waals surface area contributed by atoms with Crippen LogP contribution < -0.4 is 9.47 Å². The predicted octanol–water partition coefficient (Wildman–Crippen LogP) is 3.32. The SMILES string of the molecule is COc1ccc(OC)c(SC(F)(F)F)c1. The molecule has 0 radical (unpaired) electrons. The summed E-state index contributed by atoms with van der Waals surface area (Å²) in [4.78, 5) is -0.00986. The molecule has 0 aliphatic carbocycles. The molecule has 0 aliphatic heterocycles. The number of ether oxygens (including phenoxy) is 2. The first-order valence-electron chi connectivity index (χ1n) is 3.94. The number of benzene rings is 1. The molecule has 0 aromatic heterocycles. The number of hydrogen-bond donors (Lipinski definition) is 0. The van der Waals surface area contributed by atoms with E-state index < -0.39 is 5.51 Å². The highest BCUT2D eigenvalue weighted by molar-refractivity contribution is 8.00. The van der Waals surface area contributed by atoms with E-state index in [-0.39, 0.29) is 22.4 Å². The van der Waals surface area contributed by atoms with E-state index in [1.807, 2.05) is 0 Å². The highest BCUT2D eigenvalue weighted by Gasteiger charge is 2.31. The van der Waals surface area contributed by atoms with Gasteiger partial charge in [-0.15, -0.1) is 0 Å². The number of halogens is 3. The third kappa shape index (κ3) is 3.54. The van der Waals surface area contributed by atoms with Crippen molar-refractivity contribution < 1.29 is 22.6 Å². The quantitative estimate of drug-likeness (QED) is 0.752. The van der Waals surface area contributed by atoms with Crippen LogP contribution in [0.15, 0.2) is 23.1 Å². The van der Waals surface area contributed by atoms with Crippen molar-refractivity contribution in [3.63, 3.8) is 0 Å². The second-order valence-electron chi connectivity index (χ2n) is 2.56. The Morgan fingerprint density at radius 3 is 2.27 bits per heavy atom. The van der Waals surface area contributed by atoms with Gasteiger partial charge in [0.05, 0.1) is 19.1 Å². The molecule has 2 nitrogen and oxygen atoms in total. The third-order valence-corrected chi connectivity index (χ3v) is 2.37. The minimum Gasteiger partial charge on any atom is -0.497 e. The first kappa shape index (κ1) is 12.0. The first-order chi connectivity index (χ1) is 6.96. The molecule has 0 bridgehead atoms. The molecule has 0 saturated carbocycles. The minimum atomic E-state index is -4.33. The predicted molar refractivity (Wildman–Crippen MR) is 51.5 cm³/mol. The van der Waals surface area contributed by atoms with Crippen LogP contribution in [0.5, 0.6) is 11.5 Å². The van der Waals surface area contributed by atoms with E-state index in [1.54, 1.807) is 6.07 Å². The Kier molecular flexibility index (Phi) is 3.73. The van der Waals surface area contributed by atoms with Crippen LogP contribution >= 0.6 is 11.8 Å². The summed E-state index contributed by atoms with van der Waals surface area (Å²) in [5.74, 6) is 0.542. The fraction of sp³-hybridized carbons (Fsp3) is 0.333. The lowest BCUT2D eigenvalue weighted by Gasteiger charge is -2.11. The average molecular weight is 238 g/mol. The zero-order valence-corrected chi connectivity index (χ0v) is 8.91. The van der Waals surface area contributed by atoms with Crippen molar-refractivity contribution in [2.75, 3.05) is 14.2 Å². The summed E-state index contributed by atoms with van der Waals surface area (Å²) >= 11 is -0.224. The molecule has 6 heteroatoms. The second-order valence-corrected chi connectivity index (χ2v) is 3.67. The third-order valence-electron chi connectivity index (χ3n) is 1.60. The van der Waals surface area contributed by atoms with E-state index in [2.05, 4.69) is 0 Å². The largest absolute Gasteiger partial charge is 0.497 e. The van der Waals surface area contributed by atoms with Crippen molar-refractivity contribution in [3.05, 3.63) is 18.2 Å². The van der Waals surface area contributed by atoms with E-state index in [4.69, 9.17) is 9.47 Å². The highest BCUT2D eigenvalue weighted by Crippen LogP contribution is 2.42. The van der Waals surface area contributed by atoms with E-state index in [9.17, 15) is 13.2 Å². The van der Waals surface area contributed by atoms with Crippen LogP contribution in [0.4, 0.5) is 13.2 Å². The second kappa shape index (κ2) is 4.65. The van der Waals surface area contributed by atoms with Gasteiger partial charge in [0, 0.05) is 0 Å². The lowest BCUT2D eigenvalue weighted by molar-refractivity contribution is -0.0328. The van der Waals surface area contributed by atoms with E-state index >= 15 is 0 Å². The van der Waals surface area contributed by atoms with E-state index in [0.29, 0.717) is 5.75 Å². The standard InChI is InChI=1S/C9H9F3O2S/c1-13-6-3-4-7(14-2)8(5-6)15-9(10,11)12/h3-5H,1-2H3. The van der Waals surface area contributed by atoms with Crippen molar-refractivity contribution in [3.8, 4) is 11.5 Å². The van der Waals surface area contributed by atoms with Crippen LogP contribution in [0.25, 0.3) is 0 Å². The van der Waals surface area contributed by atoms with Gasteiger partial charge in [-0.3, -0.25) is 0 Å². The lowest BCUT2D eigenvalue weighted by atomic mass is 10.3. The molecule has 0 heterocycles. The Hall–Kier alpha value is -1.04. The topological polar surface area (TPSA) is 18.5 Å². The Morgan fingerprint density at radius 2 is 1.80 bits per heavy atom. The molecule has 0 saturated heterocycles. The first-order valence-corrected chi connectivity index (χ1v) is 4.75. The molecule has 0 atom stereocenters. The summed E-state index contributed by atoms with van der Waals surface area (Å²) in [5.41, 5.74) is -4.33. The van der Waals surface area contributed by atoms with Gasteiger partial charge in [-0.2, -0.15) is 13.2 Å². The van der Waals surface area contributed by atoms with Crippen LogP contribution in [0.1, 0.15) is 0 Å². The summed E-state index contributed by atoms with van der Waals surface area (Å²) < 4.78 is 46.1. The zero-order valence-electron chi connectivity index (χ0n) is 8.09. The molecule has 1 aromatic rings. The summed E-state index contributed by atoms with van der Waals surface area (Å²) in [6.07, 6.45) is 0. The Bertz CT molecular complexity index is 339. The highest BCUT2D eigenvalue weighted by atomic mass is 32.2. The molecule has 84 valence electrons. The van der Waals surface area contributed by atoms with Gasteiger partial charge in [0.25, 0.3) is 0 Å². The number of alkyl halides is 3. The monoisotopic (exact) mass is 238 g/mol. The van der Waals surface area contributed by atoms with Gasteiger partial charge >= 0.3 is 5.51 Å². The molecular formula is C9H9F3O2S. The fourth-order valence-electron chi connectivity index (χ4n) is 0.988. The Labute approximate surface area is 89.4 Å². The molecule has 1 rings (SSSR count). The maximum Gasteiger partial charge on any atom is 0.446 e. The molecule has 1 aromatic carbocycles. The number of hydrogen-bond acceptors (Lipinski definition) is 3. The van der Waals surface area contributed by atoms with Gasteiger partial charge in [0.1, 0.15) is 11.5 Å². The van der Waals surface area contributed by atoms with Gasteiger partial charge in [0.15, 0.2) is 0 Å². The summed E-state index contributed by atoms with van der Waals surface area (Å²) in [7, 11) is 2.71. The minimum absolute atomic E-state index is 0.00986. The number of thioether (sulfide) groups is 1. The van der Waals surface area contributed by atoms with Crippen LogP contribution in [0.3, 0.4) is 0 Å². The van der Waals surface area contributed by atoms with Gasteiger partial charge < -0.3 is 9.47 Å². The molecule has 0 amide bonds. The zero-order chi connectivity index (χ0) is 11.5. The summed E-state index contributed by atoms with van der Waals surface area (Å²) in [6.45, 7) is 0. The van der Waals surface area contributed by atoms with Gasteiger partial charge in [-0.1, -0.05) is 0 Å². The van der Waals surface area contributed by atoms with Gasteiger partial charge in [-0.05, 0) is 30.0 Å². The van der Waals surface area contributed by atoms with Crippen LogP contribution in [-0.4, -0.2) is 19.7 Å². The van der Waals surface area contributed by atoms with Crippen LogP contribution in [0.2, 0.25) is 0 Å². The smallest absolute Gasteiger partial charge is 0.446 e. The lowest BCUT2D eigenvalue weighted by Crippen LogP contribution is -2.00. The van der Waals surface area contributed by atoms with Crippen molar-refractivity contribution in [1.82, 2.24) is 0 Å². The molecule has 0 aliphatic rings. The van der Waals surface area contributed by atoms with E-state index in [0.717, 1.165) is 0 Å². The van der Waals surface area contributed by atoms with Crippen molar-refractivity contribution in [1.29, 1.82) is 0 Å². The van der Waals surface area contributed by atoms with Crippen molar-refractivity contribution in [2.24, 2.45) is 0 Å². The van der Waals surface area contributed by atoms with Crippen LogP contribution in [-0.2, 0) is 0 Å². The summed E-state index contributed by atoms with van der Waals surface area (Å²) in [5, 5.41) is 0. The molecule has 0 N–H and O–H groups in total. The Balaban J connectivity index is 3.01. The maximum atomic E-state index is 12.2. The van der Waals surface area contributed by atoms with Crippen molar-refractivity contribution >= 4 is 11.8 Å². The van der Waals surface area contributed by atoms with Gasteiger partial charge in [-0.25, -0.2) is 0 Å². The molecule has 15 heavy (non-hydrogen) atoms. The van der Waals surface area contributed by atoms with E-state index in [1.165, 1.54) is 26.4 Å². The maximum absolute atomic E-state index is 12.2. The molecular weight excluding hydrogens is 229 g/mol. The number of rotatable bonds is 3.